The summed E-state index contributed by atoms with van der Waals surface area (Å²) in [5.74, 6) is -2.59. The Hall–Kier alpha value is -1.54. The lowest BCUT2D eigenvalue weighted by Crippen LogP contribution is -2.62. The maximum absolute atomic E-state index is 13.7. The normalized spacial score (nSPS) is 23.9. The van der Waals surface area contributed by atoms with Crippen molar-refractivity contribution in [3.8, 4) is 0 Å². The van der Waals surface area contributed by atoms with Gasteiger partial charge in [0.25, 0.3) is 5.92 Å². The molecule has 2 aliphatic heterocycles. The predicted octanol–water partition coefficient (Wildman–Crippen LogP) is 1.53. The lowest BCUT2D eigenvalue weighted by Gasteiger charge is -2.46. The number of hydrogen-bond donors (Lipinski definition) is 1. The molecule has 2 fully saturated rings. The number of carbonyl (C=O) groups excluding carboxylic acids is 1. The molecule has 1 amide bonds. The Bertz CT molecular complexity index is 609. The fraction of sp³-hybridized carbons (Fsp3) is 0.765. The number of carbonyl (C=O) groups is 1. The lowest BCUT2D eigenvalue weighted by atomic mass is 10.0. The number of ether oxygens (including phenoxy) is 1. The zero-order valence-corrected chi connectivity index (χ0v) is 15.0. The van der Waals surface area contributed by atoms with Gasteiger partial charge in [0.2, 0.25) is 5.91 Å². The molecule has 6 nitrogen and oxygen atoms in total. The zero-order valence-electron chi connectivity index (χ0n) is 15.0. The molecule has 1 aromatic heterocycles. The standard InChI is InChI=1S/C17H26F2N4O2/c1-11-15(12(2)21-20-11)4-5-16(24)22-7-14(8-22)23-10-17(18,19)6-13(23)9-25-3/h13-14H,4-10H2,1-3H3,(H,20,21)/t13-/m0/s1. The van der Waals surface area contributed by atoms with Gasteiger partial charge in [-0.05, 0) is 25.8 Å². The van der Waals surface area contributed by atoms with E-state index in [1.54, 1.807) is 4.90 Å². The molecule has 1 atom stereocenters. The van der Waals surface area contributed by atoms with Crippen LogP contribution in [0.15, 0.2) is 0 Å². The van der Waals surface area contributed by atoms with Gasteiger partial charge < -0.3 is 9.64 Å². The molecule has 8 heteroatoms. The minimum atomic E-state index is -2.66. The van der Waals surface area contributed by atoms with Gasteiger partial charge in [-0.3, -0.25) is 14.8 Å². The molecule has 0 unspecified atom stereocenters. The average molecular weight is 356 g/mol. The van der Waals surface area contributed by atoms with Crippen LogP contribution in [0.1, 0.15) is 29.8 Å². The monoisotopic (exact) mass is 356 g/mol. The maximum atomic E-state index is 13.7. The van der Waals surface area contributed by atoms with Crippen LogP contribution in [0.5, 0.6) is 0 Å². The molecule has 1 N–H and O–H groups in total. The number of aromatic amines is 1. The summed E-state index contributed by atoms with van der Waals surface area (Å²) in [6, 6.07) is -0.256. The van der Waals surface area contributed by atoms with Crippen LogP contribution in [0.2, 0.25) is 0 Å². The summed E-state index contributed by atoms with van der Waals surface area (Å²) < 4.78 is 32.5. The molecule has 3 heterocycles. The molecular formula is C17H26F2N4O2. The Morgan fingerprint density at radius 2 is 2.12 bits per heavy atom. The van der Waals surface area contributed by atoms with Crippen LogP contribution in [0.3, 0.4) is 0 Å². The summed E-state index contributed by atoms with van der Waals surface area (Å²) in [6.45, 7) is 4.99. The number of aryl methyl sites for hydroxylation is 2. The molecule has 2 saturated heterocycles. The number of alkyl halides is 2. The quantitative estimate of drug-likeness (QED) is 0.840. The number of rotatable bonds is 6. The molecule has 140 valence electrons. The van der Waals surface area contributed by atoms with Gasteiger partial charge in [-0.15, -0.1) is 0 Å². The second-order valence-corrected chi connectivity index (χ2v) is 7.21. The van der Waals surface area contributed by atoms with Gasteiger partial charge in [-0.25, -0.2) is 8.78 Å². The maximum Gasteiger partial charge on any atom is 0.262 e. The lowest BCUT2D eigenvalue weighted by molar-refractivity contribution is -0.139. The minimum absolute atomic E-state index is 0.00914. The van der Waals surface area contributed by atoms with E-state index in [0.29, 0.717) is 32.5 Å². The summed E-state index contributed by atoms with van der Waals surface area (Å²) in [6.07, 6.45) is 0.915. The van der Waals surface area contributed by atoms with E-state index >= 15 is 0 Å². The Morgan fingerprint density at radius 3 is 2.72 bits per heavy atom. The first-order valence-electron chi connectivity index (χ1n) is 8.71. The number of amides is 1. The number of aromatic nitrogens is 2. The largest absolute Gasteiger partial charge is 0.383 e. The van der Waals surface area contributed by atoms with Crippen LogP contribution < -0.4 is 0 Å². The smallest absolute Gasteiger partial charge is 0.262 e. The van der Waals surface area contributed by atoms with Gasteiger partial charge >= 0.3 is 0 Å². The highest BCUT2D eigenvalue weighted by Gasteiger charge is 2.50. The number of H-pyrrole nitrogens is 1. The van der Waals surface area contributed by atoms with Gasteiger partial charge in [0.05, 0.1) is 18.8 Å². The molecule has 3 rings (SSSR count). The van der Waals surface area contributed by atoms with Crippen molar-refractivity contribution in [3.05, 3.63) is 17.0 Å². The SMILES string of the molecule is COC[C@@H]1CC(F)(F)CN1C1CN(C(=O)CCc2c(C)n[nH]c2C)C1. The summed E-state index contributed by atoms with van der Waals surface area (Å²) in [4.78, 5) is 15.9. The number of nitrogens with zero attached hydrogens (tertiary/aromatic N) is 3. The van der Waals surface area contributed by atoms with Crippen LogP contribution in [-0.2, 0) is 16.0 Å². The number of nitrogens with one attached hydrogen (secondary N) is 1. The second-order valence-electron chi connectivity index (χ2n) is 7.21. The first kappa shape index (κ1) is 18.3. The Kier molecular flexibility index (Phi) is 5.11. The van der Waals surface area contributed by atoms with E-state index in [4.69, 9.17) is 4.74 Å². The van der Waals surface area contributed by atoms with Crippen molar-refractivity contribution in [2.45, 2.75) is 51.1 Å². The van der Waals surface area contributed by atoms with Crippen molar-refractivity contribution >= 4 is 5.91 Å². The summed E-state index contributed by atoms with van der Waals surface area (Å²) in [5, 5.41) is 7.06. The van der Waals surface area contributed by atoms with Crippen molar-refractivity contribution in [1.82, 2.24) is 20.0 Å². The third-order valence-electron chi connectivity index (χ3n) is 5.33. The molecule has 0 radical (unpaired) electrons. The number of halogens is 2. The average Bonchev–Trinajstić information content (AvgIpc) is 2.95. The van der Waals surface area contributed by atoms with Gasteiger partial charge in [-0.2, -0.15) is 5.10 Å². The Balaban J connectivity index is 1.49. The first-order chi connectivity index (χ1) is 11.8. The van der Waals surface area contributed by atoms with Crippen LogP contribution in [0.4, 0.5) is 8.78 Å². The fourth-order valence-corrected chi connectivity index (χ4v) is 3.90. The molecule has 0 bridgehead atoms. The number of hydrogen-bond acceptors (Lipinski definition) is 4. The van der Waals surface area contributed by atoms with Crippen molar-refractivity contribution in [1.29, 1.82) is 0 Å². The molecule has 0 spiro atoms. The highest BCUT2D eigenvalue weighted by molar-refractivity contribution is 5.77. The fourth-order valence-electron chi connectivity index (χ4n) is 3.90. The van der Waals surface area contributed by atoms with E-state index in [-0.39, 0.29) is 31.0 Å². The predicted molar refractivity (Wildman–Crippen MR) is 88.7 cm³/mol. The van der Waals surface area contributed by atoms with Gasteiger partial charge in [-0.1, -0.05) is 0 Å². The van der Waals surface area contributed by atoms with E-state index in [0.717, 1.165) is 17.0 Å². The van der Waals surface area contributed by atoms with Gasteiger partial charge in [0, 0.05) is 50.8 Å². The molecule has 2 aliphatic rings. The third kappa shape index (κ3) is 3.84. The van der Waals surface area contributed by atoms with Crippen molar-refractivity contribution < 1.29 is 18.3 Å². The minimum Gasteiger partial charge on any atom is -0.383 e. The van der Waals surface area contributed by atoms with E-state index in [2.05, 4.69) is 10.2 Å². The highest BCUT2D eigenvalue weighted by atomic mass is 19.3. The Labute approximate surface area is 146 Å². The van der Waals surface area contributed by atoms with E-state index in [1.807, 2.05) is 18.7 Å². The zero-order chi connectivity index (χ0) is 18.2. The summed E-state index contributed by atoms with van der Waals surface area (Å²) >= 11 is 0. The third-order valence-corrected chi connectivity index (χ3v) is 5.33. The molecule has 25 heavy (non-hydrogen) atoms. The second kappa shape index (κ2) is 6.99. The van der Waals surface area contributed by atoms with Gasteiger partial charge in [0.1, 0.15) is 0 Å². The molecule has 0 aliphatic carbocycles. The molecule has 0 saturated carbocycles. The van der Waals surface area contributed by atoms with Crippen molar-refractivity contribution in [3.63, 3.8) is 0 Å². The van der Waals surface area contributed by atoms with Crippen LogP contribution in [0.25, 0.3) is 0 Å². The molecule has 0 aromatic carbocycles. The van der Waals surface area contributed by atoms with E-state index < -0.39 is 5.92 Å². The van der Waals surface area contributed by atoms with E-state index in [9.17, 15) is 13.6 Å². The van der Waals surface area contributed by atoms with Crippen molar-refractivity contribution in [2.75, 3.05) is 33.4 Å². The molecular weight excluding hydrogens is 330 g/mol. The molecule has 1 aromatic rings. The highest BCUT2D eigenvalue weighted by Crippen LogP contribution is 2.35. The Morgan fingerprint density at radius 1 is 1.40 bits per heavy atom. The summed E-state index contributed by atoms with van der Waals surface area (Å²) in [5.41, 5.74) is 3.01. The summed E-state index contributed by atoms with van der Waals surface area (Å²) in [7, 11) is 1.53. The van der Waals surface area contributed by atoms with Crippen molar-refractivity contribution in [2.24, 2.45) is 0 Å². The topological polar surface area (TPSA) is 61.5 Å². The number of methoxy groups -OCH3 is 1. The van der Waals surface area contributed by atoms with E-state index in [1.165, 1.54) is 7.11 Å². The number of likely N-dealkylation sites (tertiary alicyclic amines) is 2. The van der Waals surface area contributed by atoms with Crippen LogP contribution >= 0.6 is 0 Å². The van der Waals surface area contributed by atoms with Gasteiger partial charge in [0.15, 0.2) is 0 Å². The van der Waals surface area contributed by atoms with Crippen LogP contribution in [-0.4, -0.2) is 77.3 Å². The first-order valence-corrected chi connectivity index (χ1v) is 8.71. The van der Waals surface area contributed by atoms with Crippen LogP contribution in [0, 0.1) is 13.8 Å².